The van der Waals surface area contributed by atoms with Crippen molar-refractivity contribution in [3.05, 3.63) is 70.9 Å². The quantitative estimate of drug-likeness (QED) is 0.632. The highest BCUT2D eigenvalue weighted by atomic mass is 19.4. The van der Waals surface area contributed by atoms with E-state index in [1.807, 2.05) is 0 Å². The summed E-state index contributed by atoms with van der Waals surface area (Å²) in [5, 5.41) is 16.2. The molecule has 1 amide bonds. The minimum atomic E-state index is -4.57. The monoisotopic (exact) mass is 429 g/mol. The Bertz CT molecular complexity index is 1200. The fourth-order valence-electron chi connectivity index (χ4n) is 3.54. The molecular weight excluding hydrogens is 414 g/mol. The molecule has 0 aliphatic carbocycles. The van der Waals surface area contributed by atoms with Gasteiger partial charge in [-0.3, -0.25) is 14.5 Å². The Balaban J connectivity index is 1.61. The van der Waals surface area contributed by atoms with Crippen LogP contribution in [0.4, 0.5) is 17.6 Å². The van der Waals surface area contributed by atoms with Gasteiger partial charge < -0.3 is 5.32 Å². The third-order valence-corrected chi connectivity index (χ3v) is 4.97. The van der Waals surface area contributed by atoms with E-state index in [2.05, 4.69) is 15.4 Å². The SMILES string of the molecule is N#Cc1cc(F)cc(C(=O)N[C@H]2CCCn3nc(-c4ccnc(C(F)(F)F)c4)cc32)c1. The molecule has 0 radical (unpaired) electrons. The average molecular weight is 429 g/mol. The number of carbonyl (C=O) groups is 1. The number of aromatic nitrogens is 3. The van der Waals surface area contributed by atoms with E-state index in [0.717, 1.165) is 24.4 Å². The number of alkyl halides is 3. The van der Waals surface area contributed by atoms with Gasteiger partial charge in [-0.15, -0.1) is 0 Å². The number of nitrogens with one attached hydrogen (secondary N) is 1. The third-order valence-electron chi connectivity index (χ3n) is 4.97. The molecule has 0 fully saturated rings. The number of hydrogen-bond donors (Lipinski definition) is 1. The topological polar surface area (TPSA) is 83.6 Å². The molecule has 3 aromatic rings. The molecule has 1 aliphatic heterocycles. The van der Waals surface area contributed by atoms with Crippen LogP contribution in [0.1, 0.15) is 46.2 Å². The van der Waals surface area contributed by atoms with Gasteiger partial charge in [0, 0.05) is 23.9 Å². The number of fused-ring (bicyclic) bond motifs is 1. The number of rotatable bonds is 3. The third kappa shape index (κ3) is 4.26. The normalized spacial score (nSPS) is 15.8. The van der Waals surface area contributed by atoms with Crippen LogP contribution in [-0.2, 0) is 12.7 Å². The van der Waals surface area contributed by atoms with E-state index in [-0.39, 0.29) is 16.7 Å². The summed E-state index contributed by atoms with van der Waals surface area (Å²) in [6.45, 7) is 0.553. The fourth-order valence-corrected chi connectivity index (χ4v) is 3.54. The van der Waals surface area contributed by atoms with Crippen LogP contribution in [0.25, 0.3) is 11.3 Å². The number of nitrogens with zero attached hydrogens (tertiary/aromatic N) is 4. The molecule has 1 N–H and O–H groups in total. The van der Waals surface area contributed by atoms with Gasteiger partial charge in [-0.25, -0.2) is 4.39 Å². The van der Waals surface area contributed by atoms with Gasteiger partial charge in [0.05, 0.1) is 29.1 Å². The zero-order chi connectivity index (χ0) is 22.2. The highest BCUT2D eigenvalue weighted by Crippen LogP contribution is 2.32. The molecule has 0 unspecified atom stereocenters. The van der Waals surface area contributed by atoms with E-state index in [1.54, 1.807) is 16.8 Å². The Labute approximate surface area is 174 Å². The lowest BCUT2D eigenvalue weighted by Gasteiger charge is -2.24. The number of aryl methyl sites for hydroxylation is 1. The first kappa shape index (κ1) is 20.5. The van der Waals surface area contributed by atoms with Crippen LogP contribution in [0.5, 0.6) is 0 Å². The van der Waals surface area contributed by atoms with Crippen molar-refractivity contribution in [1.29, 1.82) is 5.26 Å². The van der Waals surface area contributed by atoms with Crippen molar-refractivity contribution >= 4 is 5.91 Å². The Hall–Kier alpha value is -3.74. The van der Waals surface area contributed by atoms with Crippen molar-refractivity contribution in [1.82, 2.24) is 20.1 Å². The van der Waals surface area contributed by atoms with Crippen LogP contribution < -0.4 is 5.32 Å². The van der Waals surface area contributed by atoms with Gasteiger partial charge in [0.1, 0.15) is 11.5 Å². The standard InChI is InChI=1S/C21H15F4N5O/c22-15-7-12(11-26)6-14(8-15)20(31)28-16-2-1-5-30-18(16)10-17(29-30)13-3-4-27-19(9-13)21(23,24)25/h3-4,6-10,16H,1-2,5H2,(H,28,31)/t16-/m0/s1. The molecule has 0 saturated carbocycles. The maximum Gasteiger partial charge on any atom is 0.433 e. The maximum absolute atomic E-state index is 13.7. The molecule has 3 heterocycles. The Kier molecular flexibility index (Phi) is 5.19. The number of benzene rings is 1. The summed E-state index contributed by atoms with van der Waals surface area (Å²) in [6, 6.07) is 8.70. The summed E-state index contributed by atoms with van der Waals surface area (Å²) >= 11 is 0. The molecule has 0 bridgehead atoms. The molecule has 1 aromatic carbocycles. The number of halogens is 4. The van der Waals surface area contributed by atoms with Crippen LogP contribution in [-0.4, -0.2) is 20.7 Å². The lowest BCUT2D eigenvalue weighted by molar-refractivity contribution is -0.141. The van der Waals surface area contributed by atoms with Crippen LogP contribution in [0, 0.1) is 17.1 Å². The lowest BCUT2D eigenvalue weighted by Crippen LogP contribution is -2.32. The summed E-state index contributed by atoms with van der Waals surface area (Å²) in [5.41, 5.74) is 0.258. The van der Waals surface area contributed by atoms with Crippen LogP contribution >= 0.6 is 0 Å². The van der Waals surface area contributed by atoms with Crippen molar-refractivity contribution in [2.24, 2.45) is 0 Å². The smallest absolute Gasteiger partial charge is 0.344 e. The van der Waals surface area contributed by atoms with Gasteiger partial charge in [0.15, 0.2) is 0 Å². The van der Waals surface area contributed by atoms with Gasteiger partial charge in [-0.1, -0.05) is 0 Å². The van der Waals surface area contributed by atoms with E-state index in [4.69, 9.17) is 5.26 Å². The molecule has 2 aromatic heterocycles. The minimum Gasteiger partial charge on any atom is -0.344 e. The van der Waals surface area contributed by atoms with Crippen molar-refractivity contribution in [3.63, 3.8) is 0 Å². The van der Waals surface area contributed by atoms with Crippen LogP contribution in [0.15, 0.2) is 42.6 Å². The molecule has 1 aliphatic rings. The lowest BCUT2D eigenvalue weighted by atomic mass is 10.0. The number of hydrogen-bond acceptors (Lipinski definition) is 4. The van der Waals surface area contributed by atoms with Crippen molar-refractivity contribution in [3.8, 4) is 17.3 Å². The second kappa shape index (κ2) is 7.83. The van der Waals surface area contributed by atoms with Gasteiger partial charge in [0.2, 0.25) is 0 Å². The predicted octanol–water partition coefficient (Wildman–Crippen LogP) is 4.24. The summed E-state index contributed by atoms with van der Waals surface area (Å²) < 4.78 is 54.2. The Morgan fingerprint density at radius 1 is 1.23 bits per heavy atom. The van der Waals surface area contributed by atoms with Crippen molar-refractivity contribution in [2.75, 3.05) is 0 Å². The molecule has 0 saturated heterocycles. The fraction of sp³-hybridized carbons (Fsp3) is 0.238. The first-order chi connectivity index (χ1) is 14.7. The molecule has 158 valence electrons. The molecule has 10 heteroatoms. The molecule has 6 nitrogen and oxygen atoms in total. The van der Waals surface area contributed by atoms with E-state index >= 15 is 0 Å². The number of nitriles is 1. The Morgan fingerprint density at radius 2 is 2.03 bits per heavy atom. The highest BCUT2D eigenvalue weighted by Gasteiger charge is 2.33. The van der Waals surface area contributed by atoms with E-state index in [0.29, 0.717) is 30.8 Å². The Morgan fingerprint density at radius 3 is 2.77 bits per heavy atom. The van der Waals surface area contributed by atoms with E-state index < -0.39 is 29.6 Å². The van der Waals surface area contributed by atoms with Crippen LogP contribution in [0.2, 0.25) is 0 Å². The number of pyridine rings is 1. The highest BCUT2D eigenvalue weighted by molar-refractivity contribution is 5.94. The molecule has 1 atom stereocenters. The van der Waals surface area contributed by atoms with Crippen molar-refractivity contribution < 1.29 is 22.4 Å². The van der Waals surface area contributed by atoms with Crippen molar-refractivity contribution in [2.45, 2.75) is 31.6 Å². The number of amides is 1. The summed E-state index contributed by atoms with van der Waals surface area (Å²) in [7, 11) is 0. The first-order valence-corrected chi connectivity index (χ1v) is 9.37. The summed E-state index contributed by atoms with van der Waals surface area (Å²) in [5.74, 6) is -1.25. The zero-order valence-electron chi connectivity index (χ0n) is 15.9. The van der Waals surface area contributed by atoms with Gasteiger partial charge in [-0.05, 0) is 49.2 Å². The zero-order valence-corrected chi connectivity index (χ0v) is 15.9. The second-order valence-electron chi connectivity index (χ2n) is 7.11. The largest absolute Gasteiger partial charge is 0.433 e. The second-order valence-corrected chi connectivity index (χ2v) is 7.11. The predicted molar refractivity (Wildman–Crippen MR) is 101 cm³/mol. The first-order valence-electron chi connectivity index (χ1n) is 9.37. The summed E-state index contributed by atoms with van der Waals surface area (Å²) in [6.07, 6.45) is -2.22. The van der Waals surface area contributed by atoms with Crippen LogP contribution in [0.3, 0.4) is 0 Å². The van der Waals surface area contributed by atoms with Gasteiger partial charge >= 0.3 is 6.18 Å². The average Bonchev–Trinajstić information content (AvgIpc) is 3.18. The molecule has 4 rings (SSSR count). The maximum atomic E-state index is 13.7. The van der Waals surface area contributed by atoms with E-state index in [9.17, 15) is 22.4 Å². The molecule has 31 heavy (non-hydrogen) atoms. The minimum absolute atomic E-state index is 0.0114. The summed E-state index contributed by atoms with van der Waals surface area (Å²) in [4.78, 5) is 16.0. The molecular formula is C21H15F4N5O. The van der Waals surface area contributed by atoms with E-state index in [1.165, 1.54) is 12.1 Å². The van der Waals surface area contributed by atoms with Gasteiger partial charge in [-0.2, -0.15) is 23.5 Å². The molecule has 0 spiro atoms. The number of carbonyl (C=O) groups excluding carboxylic acids is 1. The van der Waals surface area contributed by atoms with Gasteiger partial charge in [0.25, 0.3) is 5.91 Å².